The van der Waals surface area contributed by atoms with E-state index >= 15 is 4.39 Å². The zero-order chi connectivity index (χ0) is 27.9. The third-order valence-corrected chi connectivity index (χ3v) is 8.10. The Morgan fingerprint density at radius 2 is 1.62 bits per heavy atom. The molecular formula is C33H30FNO5. The normalized spacial score (nSPS) is 16.0. The first-order valence-electron chi connectivity index (χ1n) is 13.8. The van der Waals surface area contributed by atoms with Gasteiger partial charge in [-0.1, -0.05) is 67.1 Å². The van der Waals surface area contributed by atoms with E-state index in [2.05, 4.69) is 0 Å². The lowest BCUT2D eigenvalue weighted by Crippen LogP contribution is -2.45. The molecule has 0 N–H and O–H groups in total. The molecule has 0 saturated heterocycles. The van der Waals surface area contributed by atoms with Gasteiger partial charge in [0, 0.05) is 23.2 Å². The van der Waals surface area contributed by atoms with Crippen molar-refractivity contribution in [2.45, 2.75) is 56.6 Å². The Bertz CT molecular complexity index is 1600. The quantitative estimate of drug-likeness (QED) is 0.242. The monoisotopic (exact) mass is 539 g/mol. The van der Waals surface area contributed by atoms with Crippen molar-refractivity contribution in [3.05, 3.63) is 117 Å². The van der Waals surface area contributed by atoms with Gasteiger partial charge >= 0.3 is 11.9 Å². The van der Waals surface area contributed by atoms with Crippen LogP contribution in [0.2, 0.25) is 0 Å². The molecule has 204 valence electrons. The van der Waals surface area contributed by atoms with Crippen LogP contribution in [0.25, 0.3) is 10.9 Å². The average molecular weight is 540 g/mol. The van der Waals surface area contributed by atoms with Gasteiger partial charge in [-0.2, -0.15) is 0 Å². The largest absolute Gasteiger partial charge is 0.462 e. The lowest BCUT2D eigenvalue weighted by atomic mass is 9.64. The maximum absolute atomic E-state index is 15.9. The summed E-state index contributed by atoms with van der Waals surface area (Å²) < 4.78 is 29.1. The third kappa shape index (κ3) is 4.49. The highest BCUT2D eigenvalue weighted by Crippen LogP contribution is 2.48. The first-order valence-corrected chi connectivity index (χ1v) is 13.8. The zero-order valence-corrected chi connectivity index (χ0v) is 22.3. The van der Waals surface area contributed by atoms with Crippen LogP contribution in [0.4, 0.5) is 4.39 Å². The SMILES string of the molecule is CCOC(=O)c1cn(C2CC2)c2cc(C3(C(=O)OC(c4ccccc4)c4ccccc4)CCC3)c(F)cc2c1=O. The van der Waals surface area contributed by atoms with Gasteiger partial charge in [-0.05, 0) is 55.9 Å². The van der Waals surface area contributed by atoms with Gasteiger partial charge in [0.1, 0.15) is 11.4 Å². The summed E-state index contributed by atoms with van der Waals surface area (Å²) in [6.07, 6.45) is 4.29. The van der Waals surface area contributed by atoms with Gasteiger partial charge in [-0.25, -0.2) is 9.18 Å². The molecule has 0 atom stereocenters. The van der Waals surface area contributed by atoms with Crippen LogP contribution in [0.3, 0.4) is 0 Å². The van der Waals surface area contributed by atoms with Crippen LogP contribution in [-0.2, 0) is 19.7 Å². The summed E-state index contributed by atoms with van der Waals surface area (Å²) >= 11 is 0. The predicted octanol–water partition coefficient (Wildman–Crippen LogP) is 6.41. The highest BCUT2D eigenvalue weighted by atomic mass is 19.1. The van der Waals surface area contributed by atoms with E-state index in [4.69, 9.17) is 9.47 Å². The number of rotatable bonds is 8. The van der Waals surface area contributed by atoms with E-state index in [1.54, 1.807) is 13.0 Å². The smallest absolute Gasteiger partial charge is 0.343 e. The van der Waals surface area contributed by atoms with Crippen molar-refractivity contribution in [2.75, 3.05) is 6.61 Å². The van der Waals surface area contributed by atoms with Crippen LogP contribution >= 0.6 is 0 Å². The summed E-state index contributed by atoms with van der Waals surface area (Å²) in [6, 6.07) is 21.9. The molecule has 0 spiro atoms. The van der Waals surface area contributed by atoms with Crippen molar-refractivity contribution in [1.29, 1.82) is 0 Å². The predicted molar refractivity (Wildman–Crippen MR) is 149 cm³/mol. The number of carbonyl (C=O) groups excluding carboxylic acids is 2. The summed E-state index contributed by atoms with van der Waals surface area (Å²) in [6.45, 7) is 1.80. The van der Waals surface area contributed by atoms with E-state index in [1.807, 2.05) is 65.2 Å². The summed E-state index contributed by atoms with van der Waals surface area (Å²) in [5.74, 6) is -1.86. The van der Waals surface area contributed by atoms with E-state index < -0.39 is 34.7 Å². The minimum absolute atomic E-state index is 0.0967. The molecule has 3 aromatic carbocycles. The number of ether oxygens (including phenoxy) is 2. The van der Waals surface area contributed by atoms with Gasteiger partial charge in [-0.3, -0.25) is 9.59 Å². The standard InChI is InChI=1S/C33H30FNO5/c1-2-39-31(37)25-20-35(23-14-15-23)28-19-26(27(34)18-24(28)29(25)36)33(16-9-17-33)32(38)40-30(21-10-5-3-6-11-21)22-12-7-4-8-13-22/h3-8,10-13,18-20,23,30H,2,9,14-17H2,1H3. The van der Waals surface area contributed by atoms with Crippen molar-refractivity contribution in [1.82, 2.24) is 4.57 Å². The number of halogens is 1. The van der Waals surface area contributed by atoms with Crippen molar-refractivity contribution < 1.29 is 23.5 Å². The fraction of sp³-hybridized carbons (Fsp3) is 0.303. The van der Waals surface area contributed by atoms with Crippen LogP contribution in [0.5, 0.6) is 0 Å². The number of hydrogen-bond acceptors (Lipinski definition) is 5. The Morgan fingerprint density at radius 1 is 1.00 bits per heavy atom. The second kappa shape index (κ2) is 10.4. The molecular weight excluding hydrogens is 509 g/mol. The fourth-order valence-corrected chi connectivity index (χ4v) is 5.66. The number of nitrogens with zero attached hydrogens (tertiary/aromatic N) is 1. The van der Waals surface area contributed by atoms with E-state index in [-0.39, 0.29) is 29.2 Å². The zero-order valence-electron chi connectivity index (χ0n) is 22.3. The minimum Gasteiger partial charge on any atom is -0.462 e. The first kappa shape index (κ1) is 26.0. The van der Waals surface area contributed by atoms with Crippen molar-refractivity contribution in [3.63, 3.8) is 0 Å². The average Bonchev–Trinajstić information content (AvgIpc) is 3.79. The molecule has 0 amide bonds. The van der Waals surface area contributed by atoms with Gasteiger partial charge in [-0.15, -0.1) is 0 Å². The van der Waals surface area contributed by atoms with Gasteiger partial charge < -0.3 is 14.0 Å². The number of carbonyl (C=O) groups is 2. The molecule has 2 aliphatic rings. The van der Waals surface area contributed by atoms with E-state index in [0.29, 0.717) is 18.4 Å². The van der Waals surface area contributed by atoms with E-state index in [0.717, 1.165) is 30.4 Å². The van der Waals surface area contributed by atoms with Crippen molar-refractivity contribution >= 4 is 22.8 Å². The maximum atomic E-state index is 15.9. The lowest BCUT2D eigenvalue weighted by molar-refractivity contribution is -0.158. The summed E-state index contributed by atoms with van der Waals surface area (Å²) in [4.78, 5) is 39.8. The number of pyridine rings is 1. The molecule has 1 aromatic heterocycles. The lowest BCUT2D eigenvalue weighted by Gasteiger charge is -2.41. The van der Waals surface area contributed by atoms with E-state index in [9.17, 15) is 14.4 Å². The summed E-state index contributed by atoms with van der Waals surface area (Å²) in [7, 11) is 0. The van der Waals surface area contributed by atoms with E-state index in [1.165, 1.54) is 12.3 Å². The Hall–Kier alpha value is -4.26. The molecule has 2 fully saturated rings. The minimum atomic E-state index is -1.16. The Balaban J connectivity index is 1.43. The van der Waals surface area contributed by atoms with Gasteiger partial charge in [0.2, 0.25) is 5.43 Å². The van der Waals surface area contributed by atoms with Crippen LogP contribution in [0.15, 0.2) is 83.8 Å². The molecule has 2 saturated carbocycles. The number of hydrogen-bond donors (Lipinski definition) is 0. The Labute approximate surface area is 231 Å². The molecule has 2 aliphatic carbocycles. The molecule has 0 bridgehead atoms. The molecule has 0 radical (unpaired) electrons. The maximum Gasteiger partial charge on any atom is 0.343 e. The second-order valence-electron chi connectivity index (χ2n) is 10.6. The van der Waals surface area contributed by atoms with Crippen molar-refractivity contribution in [3.8, 4) is 0 Å². The molecule has 1 heterocycles. The van der Waals surface area contributed by atoms with Crippen LogP contribution in [0.1, 0.15) is 78.2 Å². The topological polar surface area (TPSA) is 74.6 Å². The van der Waals surface area contributed by atoms with Gasteiger partial charge in [0.15, 0.2) is 6.10 Å². The highest BCUT2D eigenvalue weighted by Gasteiger charge is 2.50. The van der Waals surface area contributed by atoms with Crippen LogP contribution in [-0.4, -0.2) is 23.1 Å². The summed E-state index contributed by atoms with van der Waals surface area (Å²) in [5, 5.41) is 0.105. The molecule has 0 unspecified atom stereocenters. The third-order valence-electron chi connectivity index (χ3n) is 8.10. The van der Waals surface area contributed by atoms with Crippen LogP contribution in [0, 0.1) is 5.82 Å². The number of esters is 2. The van der Waals surface area contributed by atoms with Gasteiger partial charge in [0.05, 0.1) is 17.5 Å². The molecule has 7 heteroatoms. The van der Waals surface area contributed by atoms with Gasteiger partial charge in [0.25, 0.3) is 0 Å². The number of benzene rings is 3. The van der Waals surface area contributed by atoms with Crippen LogP contribution < -0.4 is 5.43 Å². The molecule has 6 nitrogen and oxygen atoms in total. The number of aromatic nitrogens is 1. The molecule has 6 rings (SSSR count). The summed E-state index contributed by atoms with van der Waals surface area (Å²) in [5.41, 5.74) is 0.542. The van der Waals surface area contributed by atoms with Crippen molar-refractivity contribution in [2.24, 2.45) is 0 Å². The first-order chi connectivity index (χ1) is 19.4. The Morgan fingerprint density at radius 3 is 2.15 bits per heavy atom. The molecule has 4 aromatic rings. The fourth-order valence-electron chi connectivity index (χ4n) is 5.66. The number of fused-ring (bicyclic) bond motifs is 1. The molecule has 40 heavy (non-hydrogen) atoms. The highest BCUT2D eigenvalue weighted by molar-refractivity contribution is 5.95. The Kier molecular flexibility index (Phi) is 6.74. The molecule has 0 aliphatic heterocycles. The second-order valence-corrected chi connectivity index (χ2v) is 10.6.